The predicted octanol–water partition coefficient (Wildman–Crippen LogP) is 3.75. The van der Waals surface area contributed by atoms with E-state index < -0.39 is 0 Å². The monoisotopic (exact) mass is 345 g/mol. The Labute approximate surface area is 149 Å². The van der Waals surface area contributed by atoms with Gasteiger partial charge in [-0.05, 0) is 30.3 Å². The van der Waals surface area contributed by atoms with Crippen LogP contribution in [-0.4, -0.2) is 26.2 Å². The molecule has 4 aromatic rings. The third-order valence-corrected chi connectivity index (χ3v) is 3.79. The second-order valence-electron chi connectivity index (χ2n) is 5.74. The second kappa shape index (κ2) is 6.64. The maximum atomic E-state index is 11.2. The molecule has 1 amide bonds. The van der Waals surface area contributed by atoms with Crippen LogP contribution in [-0.2, 0) is 4.79 Å². The van der Waals surface area contributed by atoms with E-state index in [1.54, 1.807) is 18.3 Å². The van der Waals surface area contributed by atoms with Crippen molar-refractivity contribution in [3.8, 4) is 34.1 Å². The molecule has 0 aliphatic heterocycles. The standard InChI is InChI=1S/C19H15N5O2/c1-12(25)21-16-7-3-6-15(11-16)19-22-18(24-26-19)14-5-2-4-13(10-14)17-8-9-20-23-17/h2-11H,1H3,(H,20,23)(H,21,25). The van der Waals surface area contributed by atoms with E-state index in [-0.39, 0.29) is 5.91 Å². The zero-order chi connectivity index (χ0) is 17.9. The number of amides is 1. The highest BCUT2D eigenvalue weighted by atomic mass is 16.5. The van der Waals surface area contributed by atoms with Crippen LogP contribution in [0.1, 0.15) is 6.92 Å². The van der Waals surface area contributed by atoms with Crippen LogP contribution in [0.5, 0.6) is 0 Å². The molecule has 2 aromatic carbocycles. The van der Waals surface area contributed by atoms with Crippen molar-refractivity contribution in [3.63, 3.8) is 0 Å². The number of aromatic amines is 1. The van der Waals surface area contributed by atoms with E-state index in [1.807, 2.05) is 42.5 Å². The van der Waals surface area contributed by atoms with Crippen molar-refractivity contribution in [2.75, 3.05) is 5.32 Å². The maximum Gasteiger partial charge on any atom is 0.258 e. The molecule has 0 saturated heterocycles. The maximum absolute atomic E-state index is 11.2. The molecule has 2 N–H and O–H groups in total. The van der Waals surface area contributed by atoms with Crippen molar-refractivity contribution < 1.29 is 9.32 Å². The lowest BCUT2D eigenvalue weighted by Crippen LogP contribution is -2.05. The molecule has 128 valence electrons. The fourth-order valence-electron chi connectivity index (χ4n) is 2.63. The van der Waals surface area contributed by atoms with Gasteiger partial charge in [0.1, 0.15) is 0 Å². The average Bonchev–Trinajstić information content (AvgIpc) is 3.34. The van der Waals surface area contributed by atoms with E-state index in [4.69, 9.17) is 4.52 Å². The summed E-state index contributed by atoms with van der Waals surface area (Å²) in [6.45, 7) is 1.46. The minimum absolute atomic E-state index is 0.135. The van der Waals surface area contributed by atoms with Gasteiger partial charge in [-0.2, -0.15) is 10.1 Å². The molecule has 0 bridgehead atoms. The molecule has 7 heteroatoms. The largest absolute Gasteiger partial charge is 0.334 e. The number of carbonyl (C=O) groups excluding carboxylic acids is 1. The van der Waals surface area contributed by atoms with Crippen molar-refractivity contribution in [1.29, 1.82) is 0 Å². The second-order valence-corrected chi connectivity index (χ2v) is 5.74. The van der Waals surface area contributed by atoms with Crippen molar-refractivity contribution in [3.05, 3.63) is 60.8 Å². The first-order valence-electron chi connectivity index (χ1n) is 8.01. The van der Waals surface area contributed by atoms with Gasteiger partial charge in [0, 0.05) is 35.5 Å². The van der Waals surface area contributed by atoms with Crippen molar-refractivity contribution in [2.24, 2.45) is 0 Å². The van der Waals surface area contributed by atoms with E-state index in [9.17, 15) is 4.79 Å². The number of nitrogens with one attached hydrogen (secondary N) is 2. The quantitative estimate of drug-likeness (QED) is 0.587. The van der Waals surface area contributed by atoms with E-state index in [1.165, 1.54) is 6.92 Å². The molecule has 0 spiro atoms. The number of nitrogens with zero attached hydrogens (tertiary/aromatic N) is 3. The fraction of sp³-hybridized carbons (Fsp3) is 0.0526. The molecule has 4 rings (SSSR count). The van der Waals surface area contributed by atoms with Crippen LogP contribution in [0.25, 0.3) is 34.1 Å². The Balaban J connectivity index is 1.65. The van der Waals surface area contributed by atoms with E-state index in [0.717, 1.165) is 22.4 Å². The number of aromatic nitrogens is 4. The van der Waals surface area contributed by atoms with E-state index >= 15 is 0 Å². The number of hydrogen-bond donors (Lipinski definition) is 2. The Morgan fingerprint density at radius 1 is 1.04 bits per heavy atom. The molecular weight excluding hydrogens is 330 g/mol. The highest BCUT2D eigenvalue weighted by Crippen LogP contribution is 2.26. The average molecular weight is 345 g/mol. The fourth-order valence-corrected chi connectivity index (χ4v) is 2.63. The minimum atomic E-state index is -0.135. The number of H-pyrrole nitrogens is 1. The Bertz CT molecular complexity index is 1050. The number of carbonyl (C=O) groups is 1. The van der Waals surface area contributed by atoms with Gasteiger partial charge in [0.05, 0.1) is 5.69 Å². The summed E-state index contributed by atoms with van der Waals surface area (Å²) in [5.41, 5.74) is 4.15. The molecule has 0 radical (unpaired) electrons. The smallest absolute Gasteiger partial charge is 0.258 e. The summed E-state index contributed by atoms with van der Waals surface area (Å²) in [6.07, 6.45) is 1.70. The minimum Gasteiger partial charge on any atom is -0.334 e. The third-order valence-electron chi connectivity index (χ3n) is 3.79. The van der Waals surface area contributed by atoms with Crippen LogP contribution in [0.3, 0.4) is 0 Å². The van der Waals surface area contributed by atoms with Gasteiger partial charge in [-0.15, -0.1) is 0 Å². The lowest BCUT2D eigenvalue weighted by atomic mass is 10.1. The first-order chi connectivity index (χ1) is 12.7. The summed E-state index contributed by atoms with van der Waals surface area (Å²) in [5, 5.41) is 13.7. The van der Waals surface area contributed by atoms with E-state index in [0.29, 0.717) is 17.4 Å². The van der Waals surface area contributed by atoms with Gasteiger partial charge in [-0.1, -0.05) is 29.4 Å². The Morgan fingerprint density at radius 2 is 1.85 bits per heavy atom. The molecule has 0 aliphatic rings. The lowest BCUT2D eigenvalue weighted by molar-refractivity contribution is -0.114. The number of benzene rings is 2. The van der Waals surface area contributed by atoms with Gasteiger partial charge >= 0.3 is 0 Å². The summed E-state index contributed by atoms with van der Waals surface area (Å²) in [6, 6.07) is 17.0. The SMILES string of the molecule is CC(=O)Nc1cccc(-c2nc(-c3cccc(-c4ccn[nH]4)c3)no2)c1. The van der Waals surface area contributed by atoms with Crippen LogP contribution in [0, 0.1) is 0 Å². The van der Waals surface area contributed by atoms with Crippen LogP contribution >= 0.6 is 0 Å². The summed E-state index contributed by atoms with van der Waals surface area (Å²) >= 11 is 0. The molecule has 26 heavy (non-hydrogen) atoms. The van der Waals surface area contributed by atoms with Crippen LogP contribution in [0.15, 0.2) is 65.3 Å². The zero-order valence-electron chi connectivity index (χ0n) is 13.9. The molecule has 0 aliphatic carbocycles. The van der Waals surface area contributed by atoms with Gasteiger partial charge in [-0.3, -0.25) is 9.89 Å². The predicted molar refractivity (Wildman–Crippen MR) is 97.1 cm³/mol. The summed E-state index contributed by atoms with van der Waals surface area (Å²) < 4.78 is 5.40. The summed E-state index contributed by atoms with van der Waals surface area (Å²) in [7, 11) is 0. The third kappa shape index (κ3) is 3.23. The molecule has 2 heterocycles. The summed E-state index contributed by atoms with van der Waals surface area (Å²) in [5.74, 6) is 0.745. The topological polar surface area (TPSA) is 96.7 Å². The van der Waals surface area contributed by atoms with Gasteiger partial charge < -0.3 is 9.84 Å². The van der Waals surface area contributed by atoms with Crippen LogP contribution in [0.4, 0.5) is 5.69 Å². The first-order valence-corrected chi connectivity index (χ1v) is 8.01. The highest BCUT2D eigenvalue weighted by Gasteiger charge is 2.12. The van der Waals surface area contributed by atoms with Gasteiger partial charge in [0.2, 0.25) is 11.7 Å². The molecule has 2 aromatic heterocycles. The van der Waals surface area contributed by atoms with Gasteiger partial charge in [-0.25, -0.2) is 0 Å². The van der Waals surface area contributed by atoms with Crippen LogP contribution in [0.2, 0.25) is 0 Å². The number of anilines is 1. The normalized spacial score (nSPS) is 10.7. The number of rotatable bonds is 4. The molecule has 7 nitrogen and oxygen atoms in total. The van der Waals surface area contributed by atoms with Gasteiger partial charge in [0.25, 0.3) is 5.89 Å². The first kappa shape index (κ1) is 15.8. The van der Waals surface area contributed by atoms with E-state index in [2.05, 4.69) is 25.7 Å². The molecule has 0 atom stereocenters. The molecule has 0 fully saturated rings. The summed E-state index contributed by atoms with van der Waals surface area (Å²) in [4.78, 5) is 15.7. The Hall–Kier alpha value is -3.74. The van der Waals surface area contributed by atoms with Crippen molar-refractivity contribution >= 4 is 11.6 Å². The van der Waals surface area contributed by atoms with Crippen LogP contribution < -0.4 is 5.32 Å². The van der Waals surface area contributed by atoms with Crippen molar-refractivity contribution in [2.45, 2.75) is 6.92 Å². The number of hydrogen-bond acceptors (Lipinski definition) is 5. The highest BCUT2D eigenvalue weighted by molar-refractivity contribution is 5.89. The molecular formula is C19H15N5O2. The Morgan fingerprint density at radius 3 is 2.65 bits per heavy atom. The lowest BCUT2D eigenvalue weighted by Gasteiger charge is -2.02. The molecule has 0 unspecified atom stereocenters. The Kier molecular flexibility index (Phi) is 4.03. The molecule has 0 saturated carbocycles. The zero-order valence-corrected chi connectivity index (χ0v) is 13.9. The van der Waals surface area contributed by atoms with Crippen molar-refractivity contribution in [1.82, 2.24) is 20.3 Å². The van der Waals surface area contributed by atoms with Gasteiger partial charge in [0.15, 0.2) is 0 Å².